The number of likely N-dealkylation sites (N-methyl/N-ethyl adjacent to an activating group) is 1. The molecular weight excluding hydrogens is 354 g/mol. The van der Waals surface area contributed by atoms with Gasteiger partial charge in [0.05, 0.1) is 12.1 Å². The first kappa shape index (κ1) is 19.1. The van der Waals surface area contributed by atoms with Crippen molar-refractivity contribution < 1.29 is 14.3 Å². The summed E-state index contributed by atoms with van der Waals surface area (Å²) in [5.41, 5.74) is 5.91. The SMILES string of the molecule is CN(NC(=O)OCc1ccccc1)C(=O)Cc1cccc(-c2ccccn2)c1. The van der Waals surface area contributed by atoms with Crippen molar-refractivity contribution in [1.29, 1.82) is 0 Å². The molecule has 0 unspecified atom stereocenters. The molecule has 3 rings (SSSR count). The average Bonchev–Trinajstić information content (AvgIpc) is 2.74. The molecule has 0 fully saturated rings. The van der Waals surface area contributed by atoms with Gasteiger partial charge < -0.3 is 4.74 Å². The van der Waals surface area contributed by atoms with Crippen molar-refractivity contribution in [3.63, 3.8) is 0 Å². The van der Waals surface area contributed by atoms with E-state index in [2.05, 4.69) is 10.4 Å². The van der Waals surface area contributed by atoms with Crippen molar-refractivity contribution in [3.8, 4) is 11.3 Å². The predicted octanol–water partition coefficient (Wildman–Crippen LogP) is 3.59. The van der Waals surface area contributed by atoms with Gasteiger partial charge in [-0.25, -0.2) is 10.2 Å². The molecule has 0 saturated heterocycles. The summed E-state index contributed by atoms with van der Waals surface area (Å²) >= 11 is 0. The minimum Gasteiger partial charge on any atom is -0.443 e. The van der Waals surface area contributed by atoms with Gasteiger partial charge in [0.15, 0.2) is 0 Å². The van der Waals surface area contributed by atoms with Crippen LogP contribution in [0.1, 0.15) is 11.1 Å². The molecule has 0 spiro atoms. The smallest absolute Gasteiger partial charge is 0.426 e. The lowest BCUT2D eigenvalue weighted by Gasteiger charge is -2.18. The average molecular weight is 375 g/mol. The second kappa shape index (κ2) is 9.32. The van der Waals surface area contributed by atoms with E-state index in [1.807, 2.05) is 72.8 Å². The molecule has 142 valence electrons. The summed E-state index contributed by atoms with van der Waals surface area (Å²) in [5.74, 6) is -0.255. The van der Waals surface area contributed by atoms with Crippen molar-refractivity contribution in [1.82, 2.24) is 15.4 Å². The molecule has 2 aromatic carbocycles. The Morgan fingerprint density at radius 2 is 1.71 bits per heavy atom. The number of rotatable bonds is 5. The molecular formula is C22H21N3O3. The van der Waals surface area contributed by atoms with Crippen molar-refractivity contribution in [2.45, 2.75) is 13.0 Å². The van der Waals surface area contributed by atoms with Gasteiger partial charge in [0.1, 0.15) is 6.61 Å². The van der Waals surface area contributed by atoms with Crippen molar-refractivity contribution in [3.05, 3.63) is 90.1 Å². The van der Waals surface area contributed by atoms with E-state index in [-0.39, 0.29) is 18.9 Å². The predicted molar refractivity (Wildman–Crippen MR) is 106 cm³/mol. The third kappa shape index (κ3) is 5.41. The normalized spacial score (nSPS) is 10.2. The van der Waals surface area contributed by atoms with Crippen LogP contribution in [0.15, 0.2) is 79.0 Å². The van der Waals surface area contributed by atoms with E-state index in [4.69, 9.17) is 4.74 Å². The van der Waals surface area contributed by atoms with Crippen LogP contribution >= 0.6 is 0 Å². The number of hydrogen-bond donors (Lipinski definition) is 1. The minimum atomic E-state index is -0.679. The number of amides is 2. The lowest BCUT2D eigenvalue weighted by Crippen LogP contribution is -2.44. The lowest BCUT2D eigenvalue weighted by atomic mass is 10.1. The Kier molecular flexibility index (Phi) is 6.36. The van der Waals surface area contributed by atoms with Crippen LogP contribution < -0.4 is 5.43 Å². The standard InChI is InChI=1S/C22H21N3O3/c1-25(24-22(27)28-16-17-8-3-2-4-9-17)21(26)15-18-10-7-11-19(14-18)20-12-5-6-13-23-20/h2-14H,15-16H2,1H3,(H,24,27). The van der Waals surface area contributed by atoms with Gasteiger partial charge in [-0.1, -0.05) is 54.6 Å². The molecule has 0 aliphatic heterocycles. The summed E-state index contributed by atoms with van der Waals surface area (Å²) in [6.45, 7) is 0.140. The maximum atomic E-state index is 12.4. The first-order valence-corrected chi connectivity index (χ1v) is 8.86. The van der Waals surface area contributed by atoms with Gasteiger partial charge >= 0.3 is 6.09 Å². The van der Waals surface area contributed by atoms with Crippen LogP contribution in [0.4, 0.5) is 4.79 Å². The highest BCUT2D eigenvalue weighted by molar-refractivity contribution is 5.81. The lowest BCUT2D eigenvalue weighted by molar-refractivity contribution is -0.131. The minimum absolute atomic E-state index is 0.140. The molecule has 0 aliphatic rings. The molecule has 2 amide bonds. The van der Waals surface area contributed by atoms with Crippen LogP contribution in [0, 0.1) is 0 Å². The summed E-state index contributed by atoms with van der Waals surface area (Å²) < 4.78 is 5.12. The number of nitrogens with zero attached hydrogens (tertiary/aromatic N) is 2. The summed E-state index contributed by atoms with van der Waals surface area (Å²) in [6.07, 6.45) is 1.20. The Morgan fingerprint density at radius 1 is 0.964 bits per heavy atom. The van der Waals surface area contributed by atoms with E-state index in [0.29, 0.717) is 0 Å². The maximum absolute atomic E-state index is 12.4. The topological polar surface area (TPSA) is 71.5 Å². The third-order valence-electron chi connectivity index (χ3n) is 4.09. The molecule has 0 aliphatic carbocycles. The van der Waals surface area contributed by atoms with Gasteiger partial charge in [-0.05, 0) is 29.3 Å². The molecule has 0 radical (unpaired) electrons. The van der Waals surface area contributed by atoms with Crippen molar-refractivity contribution in [2.24, 2.45) is 0 Å². The van der Waals surface area contributed by atoms with E-state index in [9.17, 15) is 9.59 Å². The van der Waals surface area contributed by atoms with E-state index >= 15 is 0 Å². The fraction of sp³-hybridized carbons (Fsp3) is 0.136. The number of aromatic nitrogens is 1. The molecule has 1 heterocycles. The van der Waals surface area contributed by atoms with Gasteiger partial charge in [0.25, 0.3) is 0 Å². The van der Waals surface area contributed by atoms with Crippen LogP contribution in [0.3, 0.4) is 0 Å². The molecule has 3 aromatic rings. The molecule has 0 bridgehead atoms. The number of nitrogens with one attached hydrogen (secondary N) is 1. The maximum Gasteiger partial charge on any atom is 0.426 e. The highest BCUT2D eigenvalue weighted by Gasteiger charge is 2.14. The Balaban J connectivity index is 1.53. The zero-order valence-electron chi connectivity index (χ0n) is 15.5. The monoisotopic (exact) mass is 375 g/mol. The quantitative estimate of drug-likeness (QED) is 0.692. The Morgan fingerprint density at radius 3 is 2.46 bits per heavy atom. The number of carbonyl (C=O) groups excluding carboxylic acids is 2. The van der Waals surface area contributed by atoms with Crippen LogP contribution in [0.25, 0.3) is 11.3 Å². The van der Waals surface area contributed by atoms with E-state index in [1.165, 1.54) is 7.05 Å². The van der Waals surface area contributed by atoms with Gasteiger partial charge in [-0.2, -0.15) is 0 Å². The number of pyridine rings is 1. The van der Waals surface area contributed by atoms with E-state index < -0.39 is 6.09 Å². The van der Waals surface area contributed by atoms with Crippen molar-refractivity contribution in [2.75, 3.05) is 7.05 Å². The van der Waals surface area contributed by atoms with E-state index in [1.54, 1.807) is 6.20 Å². The molecule has 1 aromatic heterocycles. The van der Waals surface area contributed by atoms with Crippen LogP contribution in [-0.4, -0.2) is 29.0 Å². The summed E-state index contributed by atoms with van der Waals surface area (Å²) in [4.78, 5) is 28.6. The highest BCUT2D eigenvalue weighted by Crippen LogP contribution is 2.18. The fourth-order valence-corrected chi connectivity index (χ4v) is 2.62. The van der Waals surface area contributed by atoms with Crippen molar-refractivity contribution >= 4 is 12.0 Å². The van der Waals surface area contributed by atoms with Crippen LogP contribution in [0.2, 0.25) is 0 Å². The third-order valence-corrected chi connectivity index (χ3v) is 4.09. The summed E-state index contributed by atoms with van der Waals surface area (Å²) in [6, 6.07) is 22.6. The number of benzene rings is 2. The second-order valence-electron chi connectivity index (χ2n) is 6.22. The van der Waals surface area contributed by atoms with E-state index in [0.717, 1.165) is 27.4 Å². The van der Waals surface area contributed by atoms with Gasteiger partial charge in [0, 0.05) is 18.8 Å². The second-order valence-corrected chi connectivity index (χ2v) is 6.22. The summed E-state index contributed by atoms with van der Waals surface area (Å²) in [5, 5.41) is 1.14. The van der Waals surface area contributed by atoms with Crippen LogP contribution in [-0.2, 0) is 22.6 Å². The molecule has 0 atom stereocenters. The highest BCUT2D eigenvalue weighted by atomic mass is 16.6. The zero-order valence-corrected chi connectivity index (χ0v) is 15.5. The number of hydrazine groups is 1. The largest absolute Gasteiger partial charge is 0.443 e. The number of ether oxygens (including phenoxy) is 1. The zero-order chi connectivity index (χ0) is 19.8. The first-order chi connectivity index (χ1) is 13.6. The molecule has 6 heteroatoms. The molecule has 28 heavy (non-hydrogen) atoms. The first-order valence-electron chi connectivity index (χ1n) is 8.86. The number of hydrogen-bond acceptors (Lipinski definition) is 4. The molecule has 1 N–H and O–H groups in total. The number of carbonyl (C=O) groups is 2. The Bertz CT molecular complexity index is 930. The van der Waals surface area contributed by atoms with Gasteiger partial charge in [0.2, 0.25) is 5.91 Å². The molecule has 0 saturated carbocycles. The Hall–Kier alpha value is -3.67. The summed E-state index contributed by atoms with van der Waals surface area (Å²) in [7, 11) is 1.49. The van der Waals surface area contributed by atoms with Crippen LogP contribution in [0.5, 0.6) is 0 Å². The Labute approximate surface area is 163 Å². The van der Waals surface area contributed by atoms with Gasteiger partial charge in [-0.3, -0.25) is 14.8 Å². The fourth-order valence-electron chi connectivity index (χ4n) is 2.62. The molecule has 6 nitrogen and oxygen atoms in total. The van der Waals surface area contributed by atoms with Gasteiger partial charge in [-0.15, -0.1) is 0 Å².